The molecular weight excluding hydrogens is 865 g/mol. The molecule has 0 saturated heterocycles. The highest BCUT2D eigenvalue weighted by Gasteiger charge is 2.24. The van der Waals surface area contributed by atoms with Crippen LogP contribution in [0.2, 0.25) is 0 Å². The molecular formula is C52H56N8O8. The highest BCUT2D eigenvalue weighted by atomic mass is 16.6. The molecule has 0 spiro atoms. The van der Waals surface area contributed by atoms with E-state index in [4.69, 9.17) is 28.4 Å². The van der Waals surface area contributed by atoms with Gasteiger partial charge in [0.1, 0.15) is 29.2 Å². The number of benzene rings is 4. The van der Waals surface area contributed by atoms with Gasteiger partial charge in [0, 0.05) is 35.3 Å². The lowest BCUT2D eigenvalue weighted by atomic mass is 10.0. The summed E-state index contributed by atoms with van der Waals surface area (Å²) in [6.45, 7) is 16.5. The number of carboxylic acids is 1. The first kappa shape index (κ1) is 48.5. The molecule has 2 aliphatic heterocycles. The van der Waals surface area contributed by atoms with Crippen LogP contribution in [0.15, 0.2) is 81.8 Å². The molecule has 6 aromatic rings. The maximum absolute atomic E-state index is 12.3. The average Bonchev–Trinajstić information content (AvgIpc) is 3.89. The van der Waals surface area contributed by atoms with Gasteiger partial charge in [-0.2, -0.15) is 20.5 Å². The van der Waals surface area contributed by atoms with Gasteiger partial charge in [-0.1, -0.05) is 34.6 Å². The lowest BCUT2D eigenvalue weighted by Gasteiger charge is -2.24. The predicted octanol–water partition coefficient (Wildman–Crippen LogP) is 9.05. The number of aryl methyl sites for hydroxylation is 2. The van der Waals surface area contributed by atoms with Crippen LogP contribution in [0.4, 0.5) is 0 Å². The van der Waals surface area contributed by atoms with Crippen molar-refractivity contribution < 1.29 is 38.0 Å². The Bertz CT molecular complexity index is 2850. The van der Waals surface area contributed by atoms with Crippen molar-refractivity contribution in [2.75, 3.05) is 26.2 Å². The molecule has 0 amide bonds. The van der Waals surface area contributed by atoms with E-state index in [1.807, 2.05) is 77.6 Å². The van der Waals surface area contributed by atoms with E-state index in [0.29, 0.717) is 70.3 Å². The molecule has 0 atom stereocenters. The van der Waals surface area contributed by atoms with Gasteiger partial charge in [-0.05, 0) is 158 Å². The molecule has 1 N–H and O–H groups in total. The first-order valence-electron chi connectivity index (χ1n) is 22.8. The maximum atomic E-state index is 12.3. The normalized spacial score (nSPS) is 14.0. The summed E-state index contributed by atoms with van der Waals surface area (Å²) >= 11 is 0. The summed E-state index contributed by atoms with van der Waals surface area (Å²) < 4.78 is 27.8. The molecule has 0 bridgehead atoms. The molecule has 4 heterocycles. The van der Waals surface area contributed by atoms with Crippen molar-refractivity contribution in [3.63, 3.8) is 0 Å². The number of carboxylic acid groups (broad SMARTS) is 1. The lowest BCUT2D eigenvalue weighted by Crippen LogP contribution is -2.34. The van der Waals surface area contributed by atoms with Crippen LogP contribution in [0.1, 0.15) is 94.7 Å². The number of esters is 1. The number of aliphatic carboxylic acids is 1. The van der Waals surface area contributed by atoms with Crippen molar-refractivity contribution in [3.05, 3.63) is 106 Å². The van der Waals surface area contributed by atoms with Gasteiger partial charge in [0.25, 0.3) is 11.8 Å². The second kappa shape index (κ2) is 21.5. The Labute approximate surface area is 396 Å². The van der Waals surface area contributed by atoms with E-state index in [1.54, 1.807) is 30.3 Å². The summed E-state index contributed by atoms with van der Waals surface area (Å²) in [5, 5.41) is 36.4. The van der Waals surface area contributed by atoms with E-state index < -0.39 is 11.6 Å². The number of aromatic nitrogens is 4. The number of nitriles is 2. The third-order valence-electron chi connectivity index (χ3n) is 11.0. The van der Waals surface area contributed by atoms with Crippen molar-refractivity contribution in [2.24, 2.45) is 0 Å². The minimum Gasteiger partial charge on any atom is -0.490 e. The minimum atomic E-state index is -0.812. The topological polar surface area (TPSA) is 214 Å². The van der Waals surface area contributed by atoms with Gasteiger partial charge in [0.05, 0.1) is 36.4 Å². The standard InChI is InChI=1S/C28H32N4O4.C24H24N4O4/c1-18(2)34-24-11-10-21(14-23(24)15-29)27-30-26(31-36-27)20-8-9-22-16-32(12-6-7-19(22)13-20)17-25(33)35-28(3,4)5;1-15(2)31-21-8-7-18(11-20(21)12-25)24-26-23(27-32-24)17-5-6-19-13-28(14-22(29)30)9-3-4-16(19)10-17/h8-11,13-14,18H,6-7,12,16-17H2,1-5H3;5-8,10-11,15H,3-4,9,13-14H2,1-2H3,(H,29,30). The fraction of sp³-hybridized carbons (Fsp3) is 0.385. The van der Waals surface area contributed by atoms with Gasteiger partial charge < -0.3 is 28.4 Å². The molecule has 68 heavy (non-hydrogen) atoms. The van der Waals surface area contributed by atoms with E-state index in [-0.39, 0.29) is 31.3 Å². The monoisotopic (exact) mass is 920 g/mol. The van der Waals surface area contributed by atoms with Crippen molar-refractivity contribution >= 4 is 11.9 Å². The first-order valence-corrected chi connectivity index (χ1v) is 22.8. The Morgan fingerprint density at radius 1 is 0.662 bits per heavy atom. The highest BCUT2D eigenvalue weighted by Crippen LogP contribution is 2.32. The van der Waals surface area contributed by atoms with Crippen LogP contribution in [0.25, 0.3) is 45.7 Å². The van der Waals surface area contributed by atoms with E-state index in [9.17, 15) is 20.1 Å². The zero-order valence-electron chi connectivity index (χ0n) is 39.5. The second-order valence-corrected chi connectivity index (χ2v) is 18.4. The van der Waals surface area contributed by atoms with Gasteiger partial charge in [0.15, 0.2) is 0 Å². The minimum absolute atomic E-state index is 0.0319. The molecule has 16 nitrogen and oxygen atoms in total. The van der Waals surface area contributed by atoms with Crippen LogP contribution >= 0.6 is 0 Å². The van der Waals surface area contributed by atoms with Crippen LogP contribution < -0.4 is 9.47 Å². The largest absolute Gasteiger partial charge is 0.490 e. The Kier molecular flexibility index (Phi) is 15.3. The van der Waals surface area contributed by atoms with Gasteiger partial charge in [-0.3, -0.25) is 19.4 Å². The third-order valence-corrected chi connectivity index (χ3v) is 11.0. The third kappa shape index (κ3) is 12.7. The van der Waals surface area contributed by atoms with Crippen molar-refractivity contribution in [3.8, 4) is 69.3 Å². The molecule has 0 saturated carbocycles. The number of hydrogen-bond acceptors (Lipinski definition) is 15. The average molecular weight is 921 g/mol. The Morgan fingerprint density at radius 3 is 1.51 bits per heavy atom. The quantitative estimate of drug-likeness (QED) is 0.113. The van der Waals surface area contributed by atoms with E-state index >= 15 is 0 Å². The zero-order valence-corrected chi connectivity index (χ0v) is 39.5. The van der Waals surface area contributed by atoms with Crippen molar-refractivity contribution in [1.29, 1.82) is 10.5 Å². The van der Waals surface area contributed by atoms with Crippen molar-refractivity contribution in [2.45, 2.75) is 105 Å². The summed E-state index contributed by atoms with van der Waals surface area (Å²) in [5.41, 5.74) is 8.04. The van der Waals surface area contributed by atoms with E-state index in [1.165, 1.54) is 16.7 Å². The zero-order chi connectivity index (χ0) is 48.5. The first-order chi connectivity index (χ1) is 32.5. The summed E-state index contributed by atoms with van der Waals surface area (Å²) in [4.78, 5) is 36.5. The van der Waals surface area contributed by atoms with Gasteiger partial charge in [-0.25, -0.2) is 0 Å². The smallest absolute Gasteiger partial charge is 0.320 e. The number of carbonyl (C=O) groups is 2. The molecule has 16 heteroatoms. The molecule has 8 rings (SSSR count). The van der Waals surface area contributed by atoms with Gasteiger partial charge in [0.2, 0.25) is 11.6 Å². The van der Waals surface area contributed by atoms with E-state index in [0.717, 1.165) is 55.5 Å². The fourth-order valence-corrected chi connectivity index (χ4v) is 8.08. The van der Waals surface area contributed by atoms with Crippen LogP contribution in [0, 0.1) is 22.7 Å². The number of carbonyl (C=O) groups excluding carboxylic acids is 1. The Hall–Kier alpha value is -7.40. The number of hydrogen-bond donors (Lipinski definition) is 1. The molecule has 0 aliphatic carbocycles. The molecule has 2 aliphatic rings. The van der Waals surface area contributed by atoms with Crippen LogP contribution in [-0.4, -0.2) is 91.1 Å². The molecule has 0 fully saturated rings. The van der Waals surface area contributed by atoms with Crippen LogP contribution in [0.5, 0.6) is 11.5 Å². The summed E-state index contributed by atoms with van der Waals surface area (Å²) in [6, 6.07) is 26.9. The van der Waals surface area contributed by atoms with E-state index in [2.05, 4.69) is 55.5 Å². The number of ether oxygens (including phenoxy) is 3. The van der Waals surface area contributed by atoms with Crippen LogP contribution in [0.3, 0.4) is 0 Å². The second-order valence-electron chi connectivity index (χ2n) is 18.4. The van der Waals surface area contributed by atoms with Crippen molar-refractivity contribution in [1.82, 2.24) is 30.1 Å². The summed E-state index contributed by atoms with van der Waals surface area (Å²) in [5.74, 6) is 1.67. The lowest BCUT2D eigenvalue weighted by molar-refractivity contribution is -0.156. The summed E-state index contributed by atoms with van der Waals surface area (Å²) in [6.07, 6.45) is 3.54. The number of fused-ring (bicyclic) bond motifs is 2. The number of nitrogens with zero attached hydrogens (tertiary/aromatic N) is 8. The molecule has 0 unspecified atom stereocenters. The van der Waals surface area contributed by atoms with Crippen LogP contribution in [-0.2, 0) is 40.3 Å². The maximum Gasteiger partial charge on any atom is 0.320 e. The molecule has 4 aromatic carbocycles. The Balaban J connectivity index is 0.000000203. The fourth-order valence-electron chi connectivity index (χ4n) is 8.08. The summed E-state index contributed by atoms with van der Waals surface area (Å²) in [7, 11) is 0. The molecule has 0 radical (unpaired) electrons. The predicted molar refractivity (Wildman–Crippen MR) is 252 cm³/mol. The highest BCUT2D eigenvalue weighted by molar-refractivity contribution is 5.72. The molecule has 2 aromatic heterocycles. The van der Waals surface area contributed by atoms with Gasteiger partial charge >= 0.3 is 11.9 Å². The number of rotatable bonds is 12. The molecule has 352 valence electrons. The van der Waals surface area contributed by atoms with Gasteiger partial charge in [-0.15, -0.1) is 0 Å². The Morgan fingerprint density at radius 2 is 1.10 bits per heavy atom. The SMILES string of the molecule is CC(C)Oc1ccc(-c2nc(-c3ccc4c(c3)CCCN(CC(=O)O)C4)no2)cc1C#N.CC(C)Oc1ccc(-c2nc(-c3ccc4c(c3)CCCN(CC(=O)OC(C)(C)C)C4)no2)cc1C#N.